The molecule has 1 aromatic heterocycles. The fourth-order valence-corrected chi connectivity index (χ4v) is 1.81. The molecule has 0 bridgehead atoms. The predicted octanol–water partition coefficient (Wildman–Crippen LogP) is 2.12. The Morgan fingerprint density at radius 2 is 2.11 bits per heavy atom. The van der Waals surface area contributed by atoms with Crippen LogP contribution in [0.25, 0.3) is 0 Å². The Morgan fingerprint density at radius 1 is 1.26 bits per heavy atom. The van der Waals surface area contributed by atoms with Gasteiger partial charge in [-0.1, -0.05) is 0 Å². The van der Waals surface area contributed by atoms with Crippen LogP contribution < -0.4 is 14.8 Å². The lowest BCUT2D eigenvalue weighted by Crippen LogP contribution is -2.17. The van der Waals surface area contributed by atoms with E-state index >= 15 is 0 Å². The van der Waals surface area contributed by atoms with E-state index in [2.05, 4.69) is 10.3 Å². The number of anilines is 1. The molecule has 0 unspecified atom stereocenters. The second-order valence-electron chi connectivity index (χ2n) is 4.11. The number of aromatic nitrogens is 2. The van der Waals surface area contributed by atoms with E-state index in [9.17, 15) is 4.79 Å². The average Bonchev–Trinajstić information content (AvgIpc) is 2.85. The van der Waals surface area contributed by atoms with Gasteiger partial charge in [-0.15, -0.1) is 0 Å². The van der Waals surface area contributed by atoms with E-state index in [-0.39, 0.29) is 6.03 Å². The van der Waals surface area contributed by atoms with Crippen LogP contribution in [0.3, 0.4) is 0 Å². The van der Waals surface area contributed by atoms with Crippen molar-refractivity contribution < 1.29 is 14.3 Å². The maximum atomic E-state index is 11.9. The van der Waals surface area contributed by atoms with Crippen molar-refractivity contribution in [2.24, 2.45) is 0 Å². The lowest BCUT2D eigenvalue weighted by molar-refractivity contribution is 0.253. The van der Waals surface area contributed by atoms with Crippen molar-refractivity contribution in [1.82, 2.24) is 9.55 Å². The quantitative estimate of drug-likeness (QED) is 0.852. The first-order chi connectivity index (χ1) is 9.33. The van der Waals surface area contributed by atoms with Crippen LogP contribution in [0.15, 0.2) is 36.9 Å². The van der Waals surface area contributed by atoms with E-state index in [1.54, 1.807) is 30.6 Å². The van der Waals surface area contributed by atoms with Crippen molar-refractivity contribution in [3.63, 3.8) is 0 Å². The molecule has 0 atom stereocenters. The van der Waals surface area contributed by atoms with Gasteiger partial charge in [0.1, 0.15) is 6.33 Å². The van der Waals surface area contributed by atoms with E-state index in [0.717, 1.165) is 6.42 Å². The number of nitrogens with zero attached hydrogens (tertiary/aromatic N) is 2. The lowest BCUT2D eigenvalue weighted by Gasteiger charge is -2.10. The smallest absolute Gasteiger partial charge is 0.331 e. The molecule has 0 saturated heterocycles. The maximum absolute atomic E-state index is 11.9. The second kappa shape index (κ2) is 5.01. The highest BCUT2D eigenvalue weighted by Crippen LogP contribution is 2.32. The van der Waals surface area contributed by atoms with Crippen molar-refractivity contribution in [3.8, 4) is 11.5 Å². The highest BCUT2D eigenvalue weighted by molar-refractivity contribution is 5.91. The standard InChI is InChI=1S/C13H13N3O3/c17-13(16-5-4-14-9-16)15-10-2-3-11-12(8-10)19-7-1-6-18-11/h2-5,8-9H,1,6-7H2,(H,15,17). The summed E-state index contributed by atoms with van der Waals surface area (Å²) in [4.78, 5) is 15.7. The lowest BCUT2D eigenvalue weighted by atomic mass is 10.3. The summed E-state index contributed by atoms with van der Waals surface area (Å²) in [7, 11) is 0. The molecule has 0 fully saturated rings. The van der Waals surface area contributed by atoms with Crippen molar-refractivity contribution in [2.75, 3.05) is 18.5 Å². The molecular formula is C13H13N3O3. The average molecular weight is 259 g/mol. The van der Waals surface area contributed by atoms with Crippen LogP contribution in [0.1, 0.15) is 6.42 Å². The summed E-state index contributed by atoms with van der Waals surface area (Å²) in [6.07, 6.45) is 5.43. The molecule has 0 saturated carbocycles. The topological polar surface area (TPSA) is 65.4 Å². The van der Waals surface area contributed by atoms with Crippen LogP contribution in [0.4, 0.5) is 10.5 Å². The van der Waals surface area contributed by atoms with Gasteiger partial charge < -0.3 is 14.8 Å². The zero-order valence-corrected chi connectivity index (χ0v) is 10.2. The van der Waals surface area contributed by atoms with Crippen LogP contribution in [0.5, 0.6) is 11.5 Å². The van der Waals surface area contributed by atoms with Gasteiger partial charge in [0.25, 0.3) is 0 Å². The molecule has 98 valence electrons. The van der Waals surface area contributed by atoms with Crippen LogP contribution in [-0.4, -0.2) is 28.8 Å². The van der Waals surface area contributed by atoms with E-state index in [0.29, 0.717) is 30.4 Å². The SMILES string of the molecule is O=C(Nc1ccc2c(c1)OCCCO2)n1ccnc1. The van der Waals surface area contributed by atoms with Crippen LogP contribution in [0.2, 0.25) is 0 Å². The molecule has 19 heavy (non-hydrogen) atoms. The third-order valence-electron chi connectivity index (χ3n) is 2.74. The fraction of sp³-hybridized carbons (Fsp3) is 0.231. The molecule has 1 amide bonds. The van der Waals surface area contributed by atoms with Gasteiger partial charge >= 0.3 is 6.03 Å². The zero-order valence-electron chi connectivity index (χ0n) is 10.2. The van der Waals surface area contributed by atoms with E-state index in [4.69, 9.17) is 9.47 Å². The van der Waals surface area contributed by atoms with Gasteiger partial charge in [-0.2, -0.15) is 0 Å². The maximum Gasteiger partial charge on any atom is 0.331 e. The molecular weight excluding hydrogens is 246 g/mol. The summed E-state index contributed by atoms with van der Waals surface area (Å²) in [5.41, 5.74) is 0.656. The van der Waals surface area contributed by atoms with Crippen molar-refractivity contribution in [2.45, 2.75) is 6.42 Å². The number of carbonyl (C=O) groups is 1. The molecule has 6 nitrogen and oxygen atoms in total. The third kappa shape index (κ3) is 2.52. The predicted molar refractivity (Wildman–Crippen MR) is 68.7 cm³/mol. The molecule has 2 aromatic rings. The summed E-state index contributed by atoms with van der Waals surface area (Å²) in [5, 5.41) is 2.76. The summed E-state index contributed by atoms with van der Waals surface area (Å²) in [6.45, 7) is 1.26. The summed E-state index contributed by atoms with van der Waals surface area (Å²) in [6, 6.07) is 5.06. The Morgan fingerprint density at radius 3 is 2.89 bits per heavy atom. The van der Waals surface area contributed by atoms with Crippen molar-refractivity contribution in [3.05, 3.63) is 36.9 Å². The molecule has 2 heterocycles. The van der Waals surface area contributed by atoms with E-state index in [1.807, 2.05) is 0 Å². The van der Waals surface area contributed by atoms with Crippen molar-refractivity contribution >= 4 is 11.7 Å². The normalized spacial score (nSPS) is 13.7. The second-order valence-corrected chi connectivity index (χ2v) is 4.11. The molecule has 3 rings (SSSR count). The Labute approximate surface area is 110 Å². The molecule has 6 heteroatoms. The molecule has 0 spiro atoms. The van der Waals surface area contributed by atoms with Gasteiger partial charge in [0.2, 0.25) is 0 Å². The van der Waals surface area contributed by atoms with Gasteiger partial charge in [0.05, 0.1) is 13.2 Å². The minimum absolute atomic E-state index is 0.271. The summed E-state index contributed by atoms with van der Waals surface area (Å²) in [5.74, 6) is 1.36. The molecule has 1 aliphatic rings. The number of fused-ring (bicyclic) bond motifs is 1. The Bertz CT molecular complexity index is 581. The number of benzene rings is 1. The summed E-state index contributed by atoms with van der Waals surface area (Å²) < 4.78 is 12.5. The van der Waals surface area contributed by atoms with Gasteiger partial charge in [0.15, 0.2) is 11.5 Å². The van der Waals surface area contributed by atoms with E-state index in [1.165, 1.54) is 10.9 Å². The Hall–Kier alpha value is -2.50. The number of hydrogen-bond donors (Lipinski definition) is 1. The number of hydrogen-bond acceptors (Lipinski definition) is 4. The minimum Gasteiger partial charge on any atom is -0.490 e. The fourth-order valence-electron chi connectivity index (χ4n) is 1.81. The zero-order chi connectivity index (χ0) is 13.1. The molecule has 0 aliphatic carbocycles. The third-order valence-corrected chi connectivity index (χ3v) is 2.74. The monoisotopic (exact) mass is 259 g/mol. The van der Waals surface area contributed by atoms with Gasteiger partial charge in [-0.3, -0.25) is 4.57 Å². The number of carbonyl (C=O) groups excluding carboxylic acids is 1. The summed E-state index contributed by atoms with van der Waals surface area (Å²) >= 11 is 0. The number of nitrogens with one attached hydrogen (secondary N) is 1. The molecule has 1 N–H and O–H groups in total. The minimum atomic E-state index is -0.271. The number of rotatable bonds is 1. The van der Waals surface area contributed by atoms with E-state index < -0.39 is 0 Å². The largest absolute Gasteiger partial charge is 0.490 e. The number of ether oxygens (including phenoxy) is 2. The van der Waals surface area contributed by atoms with Gasteiger partial charge in [-0.05, 0) is 12.1 Å². The first-order valence-electron chi connectivity index (χ1n) is 6.02. The number of amides is 1. The highest BCUT2D eigenvalue weighted by atomic mass is 16.5. The van der Waals surface area contributed by atoms with Gasteiger partial charge in [-0.25, -0.2) is 9.78 Å². The highest BCUT2D eigenvalue weighted by Gasteiger charge is 2.12. The molecule has 1 aromatic carbocycles. The van der Waals surface area contributed by atoms with Crippen LogP contribution >= 0.6 is 0 Å². The Balaban J connectivity index is 1.78. The Kier molecular flexibility index (Phi) is 3.06. The first-order valence-corrected chi connectivity index (χ1v) is 6.02. The van der Waals surface area contributed by atoms with Crippen LogP contribution in [-0.2, 0) is 0 Å². The molecule has 1 aliphatic heterocycles. The van der Waals surface area contributed by atoms with Gasteiger partial charge in [0, 0.05) is 30.6 Å². The van der Waals surface area contributed by atoms with Crippen LogP contribution in [0, 0.1) is 0 Å². The first kappa shape index (κ1) is 11.6. The van der Waals surface area contributed by atoms with Crippen molar-refractivity contribution in [1.29, 1.82) is 0 Å². The number of imidazole rings is 1. The molecule has 0 radical (unpaired) electrons.